The molecule has 0 aliphatic carbocycles. The Balaban J connectivity index is 1.40. The van der Waals surface area contributed by atoms with Gasteiger partial charge in [0.15, 0.2) is 11.5 Å². The van der Waals surface area contributed by atoms with Crippen LogP contribution < -0.4 is 10.0 Å². The number of aromatic nitrogens is 5. The van der Waals surface area contributed by atoms with Crippen molar-refractivity contribution in [2.24, 2.45) is 0 Å². The maximum Gasteiger partial charge on any atom is 0.264 e. The second-order valence-electron chi connectivity index (χ2n) is 7.46. The highest BCUT2D eigenvalue weighted by atomic mass is 35.5. The average molecular weight is 510 g/mol. The first-order chi connectivity index (χ1) is 16.9. The quantitative estimate of drug-likeness (QED) is 0.292. The third-order valence-corrected chi connectivity index (χ3v) is 6.68. The van der Waals surface area contributed by atoms with Crippen molar-refractivity contribution < 1.29 is 12.8 Å². The van der Waals surface area contributed by atoms with Gasteiger partial charge in [0.05, 0.1) is 23.8 Å². The van der Waals surface area contributed by atoms with Crippen molar-refractivity contribution in [2.75, 3.05) is 10.0 Å². The molecule has 0 fully saturated rings. The maximum absolute atomic E-state index is 14.1. The van der Waals surface area contributed by atoms with Crippen LogP contribution in [0.2, 0.25) is 5.02 Å². The van der Waals surface area contributed by atoms with Gasteiger partial charge < -0.3 is 5.32 Å². The highest BCUT2D eigenvalue weighted by Crippen LogP contribution is 2.27. The molecule has 0 aliphatic heterocycles. The van der Waals surface area contributed by atoms with Crippen LogP contribution in [0.5, 0.6) is 0 Å². The van der Waals surface area contributed by atoms with E-state index >= 15 is 0 Å². The number of rotatable bonds is 7. The van der Waals surface area contributed by atoms with Crippen LogP contribution in [0.25, 0.3) is 22.4 Å². The van der Waals surface area contributed by atoms with Crippen LogP contribution in [0.4, 0.5) is 15.9 Å². The molecule has 0 saturated carbocycles. The molecule has 5 rings (SSSR count). The van der Waals surface area contributed by atoms with Crippen molar-refractivity contribution in [3.8, 4) is 11.4 Å². The van der Waals surface area contributed by atoms with Crippen LogP contribution in [0.1, 0.15) is 5.69 Å². The van der Waals surface area contributed by atoms with Crippen LogP contribution in [-0.2, 0) is 16.6 Å². The van der Waals surface area contributed by atoms with Crippen LogP contribution in [-0.4, -0.2) is 33.6 Å². The Morgan fingerprint density at radius 3 is 2.63 bits per heavy atom. The zero-order valence-corrected chi connectivity index (χ0v) is 19.5. The first-order valence-electron chi connectivity index (χ1n) is 10.3. The van der Waals surface area contributed by atoms with Crippen molar-refractivity contribution >= 4 is 44.2 Å². The van der Waals surface area contributed by atoms with E-state index in [0.29, 0.717) is 29.4 Å². The van der Waals surface area contributed by atoms with E-state index in [0.717, 1.165) is 23.2 Å². The van der Waals surface area contributed by atoms with Crippen LogP contribution >= 0.6 is 11.6 Å². The van der Waals surface area contributed by atoms with E-state index in [4.69, 9.17) is 11.6 Å². The van der Waals surface area contributed by atoms with Gasteiger partial charge in [-0.1, -0.05) is 17.7 Å². The largest absolute Gasteiger partial charge is 0.364 e. The van der Waals surface area contributed by atoms with Gasteiger partial charge in [0.1, 0.15) is 16.5 Å². The molecule has 12 heteroatoms. The minimum absolute atomic E-state index is 0.112. The molecule has 3 N–H and O–H groups in total. The number of nitrogens with one attached hydrogen (secondary N) is 3. The number of hydrogen-bond acceptors (Lipinski definition) is 7. The first kappa shape index (κ1) is 22.7. The molecule has 0 saturated heterocycles. The third-order valence-electron chi connectivity index (χ3n) is 5.05. The Morgan fingerprint density at radius 1 is 1.03 bits per heavy atom. The molecule has 0 unspecified atom stereocenters. The van der Waals surface area contributed by atoms with Crippen molar-refractivity contribution in [3.63, 3.8) is 0 Å². The minimum atomic E-state index is -4.18. The second-order valence-corrected chi connectivity index (χ2v) is 9.55. The monoisotopic (exact) mass is 509 g/mol. The minimum Gasteiger partial charge on any atom is -0.364 e. The Morgan fingerprint density at radius 2 is 1.86 bits per heavy atom. The van der Waals surface area contributed by atoms with Gasteiger partial charge in [0.2, 0.25) is 0 Å². The summed E-state index contributed by atoms with van der Waals surface area (Å²) in [6.07, 6.45) is 3.35. The predicted molar refractivity (Wildman–Crippen MR) is 131 cm³/mol. The summed E-state index contributed by atoms with van der Waals surface area (Å²) in [7, 11) is -4.18. The topological polar surface area (TPSA) is 126 Å². The highest BCUT2D eigenvalue weighted by Gasteiger charge is 2.20. The summed E-state index contributed by atoms with van der Waals surface area (Å²) in [6, 6.07) is 15.4. The first-order valence-corrected chi connectivity index (χ1v) is 12.2. The third kappa shape index (κ3) is 4.91. The van der Waals surface area contributed by atoms with E-state index in [-0.39, 0.29) is 10.7 Å². The van der Waals surface area contributed by atoms with Crippen molar-refractivity contribution in [1.29, 1.82) is 0 Å². The Labute approximate surface area is 204 Å². The van der Waals surface area contributed by atoms with Crippen molar-refractivity contribution in [3.05, 3.63) is 89.6 Å². The molecule has 0 aliphatic rings. The van der Waals surface area contributed by atoms with Crippen LogP contribution in [0, 0.1) is 5.82 Å². The number of halogens is 2. The predicted octanol–water partition coefficient (Wildman–Crippen LogP) is 4.62. The molecular formula is C23H17ClFN7O2S. The summed E-state index contributed by atoms with van der Waals surface area (Å²) < 4.78 is 41.6. The molecule has 176 valence electrons. The fraction of sp³-hybridized carbons (Fsp3) is 0.0435. The normalized spacial score (nSPS) is 11.5. The van der Waals surface area contributed by atoms with Gasteiger partial charge in [-0.05, 0) is 54.6 Å². The number of anilines is 2. The van der Waals surface area contributed by atoms with Crippen LogP contribution in [0.15, 0.2) is 78.0 Å². The van der Waals surface area contributed by atoms with Gasteiger partial charge in [0, 0.05) is 22.5 Å². The number of sulfonamides is 1. The number of aromatic amines is 1. The van der Waals surface area contributed by atoms with E-state index in [1.165, 1.54) is 18.2 Å². The highest BCUT2D eigenvalue weighted by molar-refractivity contribution is 7.92. The molecule has 3 aromatic heterocycles. The Bertz CT molecular complexity index is 1610. The summed E-state index contributed by atoms with van der Waals surface area (Å²) in [5.74, 6) is 0.0803. The molecular weight excluding hydrogens is 493 g/mol. The summed E-state index contributed by atoms with van der Waals surface area (Å²) in [5.41, 5.74) is 2.26. The summed E-state index contributed by atoms with van der Waals surface area (Å²) >= 11 is 5.83. The number of pyridine rings is 1. The second kappa shape index (κ2) is 9.28. The fourth-order valence-corrected chi connectivity index (χ4v) is 4.76. The molecule has 3 heterocycles. The SMILES string of the molecule is O=S(=O)(Nc1ccc(-c2nc(NCc3ccccn3)c3cn[nH]c3n2)cc1)c1cc(Cl)ccc1F. The molecule has 9 nitrogen and oxygen atoms in total. The van der Waals surface area contributed by atoms with Crippen molar-refractivity contribution in [2.45, 2.75) is 11.4 Å². The molecule has 0 spiro atoms. The number of benzene rings is 2. The lowest BCUT2D eigenvalue weighted by molar-refractivity contribution is 0.570. The van der Waals surface area contributed by atoms with E-state index in [1.807, 2.05) is 18.2 Å². The van der Waals surface area contributed by atoms with Gasteiger partial charge in [-0.15, -0.1) is 0 Å². The van der Waals surface area contributed by atoms with Gasteiger partial charge >= 0.3 is 0 Å². The van der Waals surface area contributed by atoms with E-state index in [9.17, 15) is 12.8 Å². The lowest BCUT2D eigenvalue weighted by atomic mass is 10.2. The standard InChI is InChI=1S/C23H17ClFN7O2S/c24-15-6-9-19(25)20(11-15)35(33,34)32-16-7-4-14(5-8-16)21-29-22(18-13-28-31-23(18)30-21)27-12-17-3-1-2-10-26-17/h1-11,13,32H,12H2,(H2,27,28,29,30,31). The molecule has 0 atom stereocenters. The van der Waals surface area contributed by atoms with Crippen LogP contribution in [0.3, 0.4) is 0 Å². The van der Waals surface area contributed by atoms with E-state index < -0.39 is 20.7 Å². The van der Waals surface area contributed by atoms with Gasteiger partial charge in [-0.3, -0.25) is 14.8 Å². The summed E-state index contributed by atoms with van der Waals surface area (Å²) in [5, 5.41) is 11.0. The number of nitrogens with zero attached hydrogens (tertiary/aromatic N) is 4. The van der Waals surface area contributed by atoms with Crippen molar-refractivity contribution in [1.82, 2.24) is 25.1 Å². The molecule has 0 radical (unpaired) electrons. The zero-order chi connectivity index (χ0) is 24.4. The Hall–Kier alpha value is -4.09. The lowest BCUT2D eigenvalue weighted by Gasteiger charge is -2.11. The molecule has 35 heavy (non-hydrogen) atoms. The number of hydrogen-bond donors (Lipinski definition) is 3. The molecule has 0 bridgehead atoms. The molecule has 5 aromatic rings. The Kier molecular flexibility index (Phi) is 6.01. The zero-order valence-electron chi connectivity index (χ0n) is 17.9. The number of fused-ring (bicyclic) bond motifs is 1. The van der Waals surface area contributed by atoms with E-state index in [1.54, 1.807) is 24.5 Å². The van der Waals surface area contributed by atoms with Gasteiger partial charge in [0.25, 0.3) is 10.0 Å². The maximum atomic E-state index is 14.1. The van der Waals surface area contributed by atoms with Gasteiger partial charge in [-0.25, -0.2) is 22.8 Å². The summed E-state index contributed by atoms with van der Waals surface area (Å²) in [6.45, 7) is 0.457. The summed E-state index contributed by atoms with van der Waals surface area (Å²) in [4.78, 5) is 12.9. The molecule has 0 amide bonds. The lowest BCUT2D eigenvalue weighted by Crippen LogP contribution is -2.14. The van der Waals surface area contributed by atoms with E-state index in [2.05, 4.69) is 35.2 Å². The molecule has 2 aromatic carbocycles. The van der Waals surface area contributed by atoms with Gasteiger partial charge in [-0.2, -0.15) is 5.10 Å². The fourth-order valence-electron chi connectivity index (χ4n) is 3.36. The number of H-pyrrole nitrogens is 1. The smallest absolute Gasteiger partial charge is 0.264 e. The average Bonchev–Trinajstić information content (AvgIpc) is 3.34.